The Bertz CT molecular complexity index is 1220. The fraction of sp³-hybridized carbons (Fsp3) is 0.697. The van der Waals surface area contributed by atoms with Crippen molar-refractivity contribution < 1.29 is 38.1 Å². The van der Waals surface area contributed by atoms with Crippen molar-refractivity contribution in [2.75, 3.05) is 33.9 Å². The molecule has 0 bridgehead atoms. The number of hydrogen-bond acceptors (Lipinski definition) is 8. The number of alkyl carbamates (subject to hydrolysis) is 1. The summed E-state index contributed by atoms with van der Waals surface area (Å²) in [5.74, 6) is 1.03. The first-order chi connectivity index (χ1) is 21.3. The zero-order chi connectivity index (χ0) is 33.3. The van der Waals surface area contributed by atoms with Crippen LogP contribution in [0.15, 0.2) is 0 Å². The van der Waals surface area contributed by atoms with Crippen LogP contribution >= 0.6 is 0 Å². The Hall–Kier alpha value is -3.70. The number of rotatable bonds is 14. The molecule has 0 radical (unpaired) electrons. The van der Waals surface area contributed by atoms with Gasteiger partial charge in [-0.25, -0.2) is 9.59 Å². The predicted octanol–water partition coefficient (Wildman–Crippen LogP) is 4.23. The number of hydrogen-bond donors (Lipinski definition) is 3. The van der Waals surface area contributed by atoms with Crippen LogP contribution in [0.25, 0.3) is 0 Å². The average molecular weight is 633 g/mol. The minimum Gasteiger partial charge on any atom is -0.496 e. The van der Waals surface area contributed by atoms with Crippen LogP contribution in [0, 0.1) is 20.8 Å². The van der Waals surface area contributed by atoms with Gasteiger partial charge in [0.1, 0.15) is 29.2 Å². The van der Waals surface area contributed by atoms with Crippen LogP contribution < -0.4 is 25.4 Å². The van der Waals surface area contributed by atoms with Gasteiger partial charge in [0.2, 0.25) is 11.8 Å². The molecule has 252 valence electrons. The maximum Gasteiger partial charge on any atom is 0.410 e. The van der Waals surface area contributed by atoms with Gasteiger partial charge in [0.05, 0.1) is 20.8 Å². The maximum atomic E-state index is 13.2. The van der Waals surface area contributed by atoms with Crippen molar-refractivity contribution in [3.8, 4) is 11.5 Å². The number of nitrogens with one attached hydrogen (secondary N) is 3. The standard InChI is InChI=1S/C33H52N4O8/c1-20-21(2)28(43-8)24(22(3)27(20)42-7)12-11-19-44-31(40)34-17-9-13-25(29(38)35-23-15-16-23)36-30(39)26-14-10-18-37(26)32(41)45-33(4,5)6/h23,25-26H,9-19H2,1-8H3,(H,34,40)(H,35,38)(H,36,39)/t25?,26-/m0/s1. The van der Waals surface area contributed by atoms with E-state index in [4.69, 9.17) is 18.9 Å². The van der Waals surface area contributed by atoms with E-state index in [0.29, 0.717) is 45.1 Å². The van der Waals surface area contributed by atoms with Gasteiger partial charge in [-0.1, -0.05) is 0 Å². The topological polar surface area (TPSA) is 145 Å². The van der Waals surface area contributed by atoms with Gasteiger partial charge in [-0.05, 0) is 110 Å². The third-order valence-corrected chi connectivity index (χ3v) is 8.20. The van der Waals surface area contributed by atoms with E-state index in [1.165, 1.54) is 4.90 Å². The van der Waals surface area contributed by atoms with Crippen molar-refractivity contribution >= 4 is 24.0 Å². The highest BCUT2D eigenvalue weighted by atomic mass is 16.6. The molecule has 12 heteroatoms. The molecule has 2 fully saturated rings. The second kappa shape index (κ2) is 16.0. The van der Waals surface area contributed by atoms with Crippen LogP contribution in [0.3, 0.4) is 0 Å². The van der Waals surface area contributed by atoms with E-state index in [1.807, 2.05) is 20.8 Å². The number of carbonyl (C=O) groups excluding carboxylic acids is 4. The smallest absolute Gasteiger partial charge is 0.410 e. The quantitative estimate of drug-likeness (QED) is 0.259. The van der Waals surface area contributed by atoms with Crippen LogP contribution in [-0.2, 0) is 25.5 Å². The summed E-state index contributed by atoms with van der Waals surface area (Å²) in [6.07, 6.45) is 3.94. The average Bonchev–Trinajstić information content (AvgIpc) is 3.64. The molecule has 1 aromatic carbocycles. The molecule has 1 aliphatic heterocycles. The van der Waals surface area contributed by atoms with E-state index in [9.17, 15) is 19.2 Å². The van der Waals surface area contributed by atoms with E-state index >= 15 is 0 Å². The Labute approximate surface area is 267 Å². The lowest BCUT2D eigenvalue weighted by atomic mass is 9.94. The molecule has 45 heavy (non-hydrogen) atoms. The molecule has 1 heterocycles. The van der Waals surface area contributed by atoms with E-state index in [2.05, 4.69) is 16.0 Å². The molecule has 1 unspecified atom stereocenters. The summed E-state index contributed by atoms with van der Waals surface area (Å²) in [5.41, 5.74) is 3.44. The van der Waals surface area contributed by atoms with E-state index in [1.54, 1.807) is 35.0 Å². The Kier molecular flexibility index (Phi) is 12.7. The molecule has 2 aliphatic rings. The summed E-state index contributed by atoms with van der Waals surface area (Å²) in [7, 11) is 3.31. The lowest BCUT2D eigenvalue weighted by Gasteiger charge is -2.29. The highest BCUT2D eigenvalue weighted by Gasteiger charge is 2.38. The third-order valence-electron chi connectivity index (χ3n) is 8.20. The fourth-order valence-electron chi connectivity index (χ4n) is 5.65. The highest BCUT2D eigenvalue weighted by Crippen LogP contribution is 2.38. The summed E-state index contributed by atoms with van der Waals surface area (Å²) in [5, 5.41) is 8.53. The molecule has 1 saturated carbocycles. The first kappa shape index (κ1) is 35.8. The molecule has 1 saturated heterocycles. The number of likely N-dealkylation sites (tertiary alicyclic amines) is 1. The monoisotopic (exact) mass is 632 g/mol. The molecule has 12 nitrogen and oxygen atoms in total. The van der Waals surface area contributed by atoms with Gasteiger partial charge in [-0.3, -0.25) is 14.5 Å². The van der Waals surface area contributed by atoms with E-state index in [0.717, 1.165) is 46.6 Å². The Morgan fingerprint density at radius 3 is 2.22 bits per heavy atom. The molecular weight excluding hydrogens is 580 g/mol. The molecule has 0 aromatic heterocycles. The van der Waals surface area contributed by atoms with Crippen molar-refractivity contribution in [1.82, 2.24) is 20.9 Å². The van der Waals surface area contributed by atoms with Crippen LogP contribution in [0.2, 0.25) is 0 Å². The first-order valence-electron chi connectivity index (χ1n) is 16.0. The van der Waals surface area contributed by atoms with Gasteiger partial charge in [-0.15, -0.1) is 0 Å². The number of ether oxygens (including phenoxy) is 4. The van der Waals surface area contributed by atoms with E-state index in [-0.39, 0.29) is 31.0 Å². The van der Waals surface area contributed by atoms with Crippen LogP contribution in [0.1, 0.15) is 88.0 Å². The summed E-state index contributed by atoms with van der Waals surface area (Å²) < 4.78 is 22.1. The van der Waals surface area contributed by atoms with Gasteiger partial charge in [-0.2, -0.15) is 0 Å². The van der Waals surface area contributed by atoms with Crippen molar-refractivity contribution in [2.45, 2.75) is 117 Å². The molecule has 1 aliphatic carbocycles. The van der Waals surface area contributed by atoms with Gasteiger partial charge in [0.15, 0.2) is 0 Å². The molecule has 3 N–H and O–H groups in total. The van der Waals surface area contributed by atoms with Crippen molar-refractivity contribution in [1.29, 1.82) is 0 Å². The SMILES string of the molecule is COc1c(C)c(C)c(OC)c(CCCOC(=O)NCCCC(NC(=O)[C@@H]2CCCN2C(=O)OC(C)(C)C)C(=O)NC2CC2)c1C. The second-order valence-electron chi connectivity index (χ2n) is 12.9. The second-order valence-corrected chi connectivity index (χ2v) is 12.9. The third kappa shape index (κ3) is 10.2. The van der Waals surface area contributed by atoms with Crippen molar-refractivity contribution in [3.05, 3.63) is 22.3 Å². The predicted molar refractivity (Wildman–Crippen MR) is 170 cm³/mol. The fourth-order valence-corrected chi connectivity index (χ4v) is 5.65. The minimum atomic E-state index is -0.787. The molecule has 0 spiro atoms. The maximum absolute atomic E-state index is 13.2. The van der Waals surface area contributed by atoms with Crippen LogP contribution in [0.5, 0.6) is 11.5 Å². The Morgan fingerprint density at radius 1 is 0.933 bits per heavy atom. The zero-order valence-corrected chi connectivity index (χ0v) is 28.2. The van der Waals surface area contributed by atoms with Gasteiger partial charge in [0.25, 0.3) is 0 Å². The normalized spacial score (nSPS) is 16.9. The number of carbonyl (C=O) groups is 4. The number of methoxy groups -OCH3 is 2. The molecular formula is C33H52N4O8. The van der Waals surface area contributed by atoms with Crippen LogP contribution in [-0.4, -0.2) is 86.5 Å². The van der Waals surface area contributed by atoms with E-state index < -0.39 is 29.9 Å². The largest absolute Gasteiger partial charge is 0.496 e. The molecule has 2 atom stereocenters. The summed E-state index contributed by atoms with van der Waals surface area (Å²) in [4.78, 5) is 52.6. The van der Waals surface area contributed by atoms with Crippen molar-refractivity contribution in [3.63, 3.8) is 0 Å². The first-order valence-corrected chi connectivity index (χ1v) is 16.0. The Morgan fingerprint density at radius 2 is 1.60 bits per heavy atom. The summed E-state index contributed by atoms with van der Waals surface area (Å²) >= 11 is 0. The van der Waals surface area contributed by atoms with Gasteiger partial charge in [0, 0.05) is 24.7 Å². The summed E-state index contributed by atoms with van der Waals surface area (Å²) in [6.45, 7) is 12.3. The number of nitrogens with zero attached hydrogens (tertiary/aromatic N) is 1. The van der Waals surface area contributed by atoms with Crippen molar-refractivity contribution in [2.24, 2.45) is 0 Å². The lowest BCUT2D eigenvalue weighted by molar-refractivity contribution is -0.131. The molecule has 4 amide bonds. The van der Waals surface area contributed by atoms with Gasteiger partial charge < -0.3 is 34.9 Å². The van der Waals surface area contributed by atoms with Gasteiger partial charge >= 0.3 is 12.2 Å². The number of amides is 4. The molecule has 3 rings (SSSR count). The lowest BCUT2D eigenvalue weighted by Crippen LogP contribution is -2.54. The minimum absolute atomic E-state index is 0.128. The zero-order valence-electron chi connectivity index (χ0n) is 28.2. The van der Waals surface area contributed by atoms with Crippen LogP contribution in [0.4, 0.5) is 9.59 Å². The number of benzene rings is 1. The highest BCUT2D eigenvalue weighted by molar-refractivity contribution is 5.91. The summed E-state index contributed by atoms with van der Waals surface area (Å²) in [6, 6.07) is -1.36. The Balaban J connectivity index is 1.46. The molecule has 1 aromatic rings.